The highest BCUT2D eigenvalue weighted by molar-refractivity contribution is 5.80. The molecule has 0 bridgehead atoms. The topological polar surface area (TPSA) is 189 Å². The Kier molecular flexibility index (Phi) is 59.9. The summed E-state index contributed by atoms with van der Waals surface area (Å²) < 4.78 is 11.2. The molecule has 1 saturated heterocycles. The summed E-state index contributed by atoms with van der Waals surface area (Å²) in [4.78, 5) is 13.3. The number of carbonyl (C=O) groups excluding carboxylic acids is 1. The maximum absolute atomic E-state index is 13.3. The van der Waals surface area contributed by atoms with Crippen molar-refractivity contribution >= 4 is 5.91 Å². The molecule has 1 fully saturated rings. The number of hydrogen-bond acceptors (Lipinski definition) is 10. The number of unbranched alkanes of at least 4 members (excludes halogenated alkanes) is 42. The molecule has 504 valence electrons. The van der Waals surface area contributed by atoms with Gasteiger partial charge >= 0.3 is 0 Å². The minimum atomic E-state index is -1.68. The van der Waals surface area contributed by atoms with Crippen molar-refractivity contribution in [1.82, 2.24) is 5.32 Å². The van der Waals surface area contributed by atoms with Crippen molar-refractivity contribution in [3.05, 3.63) is 60.8 Å². The van der Waals surface area contributed by atoms with Gasteiger partial charge in [0.15, 0.2) is 6.29 Å². The molecule has 0 aromatic heterocycles. The van der Waals surface area contributed by atoms with E-state index < -0.39 is 74.2 Å². The first-order valence-corrected chi connectivity index (χ1v) is 36.7. The molecule has 1 aliphatic rings. The van der Waals surface area contributed by atoms with E-state index in [2.05, 4.69) is 79.9 Å². The number of rotatable bonds is 64. The third kappa shape index (κ3) is 49.6. The molecule has 0 spiro atoms. The van der Waals surface area contributed by atoms with Crippen molar-refractivity contribution in [2.45, 2.75) is 396 Å². The van der Waals surface area contributed by atoms with Crippen LogP contribution in [0.3, 0.4) is 0 Å². The lowest BCUT2D eigenvalue weighted by Gasteiger charge is -2.40. The van der Waals surface area contributed by atoms with Crippen LogP contribution < -0.4 is 5.32 Å². The average Bonchev–Trinajstić information content (AvgIpc) is 3.28. The van der Waals surface area contributed by atoms with Crippen LogP contribution in [0.5, 0.6) is 0 Å². The molecule has 0 aliphatic carbocycles. The lowest BCUT2D eigenvalue weighted by Crippen LogP contribution is -2.60. The van der Waals surface area contributed by atoms with Gasteiger partial charge in [0.25, 0.3) is 0 Å². The number of aliphatic hydroxyl groups is 7. The molecule has 1 amide bonds. The molecule has 1 rings (SSSR count). The average molecular weight is 1210 g/mol. The molecule has 0 saturated carbocycles. The van der Waals surface area contributed by atoms with Crippen LogP contribution in [0.15, 0.2) is 60.8 Å². The van der Waals surface area contributed by atoms with Crippen molar-refractivity contribution in [3.8, 4) is 0 Å². The first kappa shape index (κ1) is 81.8. The summed E-state index contributed by atoms with van der Waals surface area (Å²) in [5, 5.41) is 76.5. The Balaban J connectivity index is 2.20. The number of ether oxygens (including phenoxy) is 2. The molecule has 9 atom stereocenters. The van der Waals surface area contributed by atoms with Crippen LogP contribution in [0.1, 0.15) is 341 Å². The second-order valence-corrected chi connectivity index (χ2v) is 25.6. The largest absolute Gasteiger partial charge is 0.394 e. The highest BCUT2D eigenvalue weighted by Gasteiger charge is 2.44. The molecule has 1 heterocycles. The Labute approximate surface area is 529 Å². The van der Waals surface area contributed by atoms with Gasteiger partial charge < -0.3 is 50.5 Å². The van der Waals surface area contributed by atoms with E-state index in [0.717, 1.165) is 51.4 Å². The van der Waals surface area contributed by atoms with Crippen molar-refractivity contribution in [2.24, 2.45) is 0 Å². The number of hydrogen-bond donors (Lipinski definition) is 8. The summed E-state index contributed by atoms with van der Waals surface area (Å²) >= 11 is 0. The van der Waals surface area contributed by atoms with Crippen LogP contribution in [-0.2, 0) is 14.3 Å². The van der Waals surface area contributed by atoms with E-state index in [4.69, 9.17) is 9.47 Å². The Hall–Kier alpha value is -2.19. The van der Waals surface area contributed by atoms with E-state index >= 15 is 0 Å². The SMILES string of the molecule is CCCCCCCCCCCCC/C=C\C/C=C\CCCCCCCCCCCCCCCCCCC(O)C(=O)NC(COC1OC(CO)C(O)C(O)C1O)C(O)C(O)CCC/C=C/CC/C=C/CC/C=C/CCCCCCCCCCCCCC. The van der Waals surface area contributed by atoms with E-state index in [-0.39, 0.29) is 12.8 Å². The zero-order valence-corrected chi connectivity index (χ0v) is 55.8. The van der Waals surface area contributed by atoms with Gasteiger partial charge in [-0.25, -0.2) is 0 Å². The Bertz CT molecular complexity index is 1580. The highest BCUT2D eigenvalue weighted by Crippen LogP contribution is 2.24. The number of aliphatic hydroxyl groups excluding tert-OH is 7. The first-order chi connectivity index (χ1) is 42.2. The summed E-state index contributed by atoms with van der Waals surface area (Å²) in [6.45, 7) is 3.48. The lowest BCUT2D eigenvalue weighted by molar-refractivity contribution is -0.303. The van der Waals surface area contributed by atoms with Crippen molar-refractivity contribution < 1.29 is 50.0 Å². The fraction of sp³-hybridized carbons (Fsp3) is 0.853. The number of nitrogens with one attached hydrogen (secondary N) is 1. The van der Waals surface area contributed by atoms with Gasteiger partial charge in [-0.2, -0.15) is 0 Å². The van der Waals surface area contributed by atoms with E-state index in [0.29, 0.717) is 19.3 Å². The molecule has 11 nitrogen and oxygen atoms in total. The maximum atomic E-state index is 13.3. The highest BCUT2D eigenvalue weighted by atomic mass is 16.7. The lowest BCUT2D eigenvalue weighted by atomic mass is 9.98. The third-order valence-corrected chi connectivity index (χ3v) is 17.5. The van der Waals surface area contributed by atoms with Gasteiger partial charge in [0, 0.05) is 0 Å². The normalized spacial score (nSPS) is 19.1. The number of allylic oxidation sites excluding steroid dienone is 10. The number of carbonyl (C=O) groups is 1. The fourth-order valence-corrected chi connectivity index (χ4v) is 11.6. The van der Waals surface area contributed by atoms with Crippen LogP contribution in [0.25, 0.3) is 0 Å². The second-order valence-electron chi connectivity index (χ2n) is 25.6. The monoisotopic (exact) mass is 1210 g/mol. The molecule has 86 heavy (non-hydrogen) atoms. The van der Waals surface area contributed by atoms with Gasteiger partial charge in [0.05, 0.1) is 25.4 Å². The predicted octanol–water partition coefficient (Wildman–Crippen LogP) is 18.1. The molecule has 0 aromatic carbocycles. The van der Waals surface area contributed by atoms with Gasteiger partial charge in [-0.05, 0) is 96.3 Å². The van der Waals surface area contributed by atoms with E-state index in [1.54, 1.807) is 0 Å². The van der Waals surface area contributed by atoms with E-state index in [9.17, 15) is 40.5 Å². The van der Waals surface area contributed by atoms with E-state index in [1.807, 2.05) is 0 Å². The molecule has 11 heteroatoms. The van der Waals surface area contributed by atoms with Crippen LogP contribution in [0.2, 0.25) is 0 Å². The standard InChI is InChI=1S/C75H139NO10/c1-3-5-7-9-11-13-15-17-19-21-23-25-27-29-30-31-32-33-34-35-36-37-39-41-43-45-47-49-51-53-55-57-59-61-63-68(79)74(84)76-66(65-85-75-73(83)72(82)71(81)69(64-77)86-75)70(80)67(78)62-60-58-56-54-52-50-48-46-44-42-40-38-28-26-24-22-20-18-16-14-12-10-8-6-4-2/h27,29,31-32,38,40,46,48,54,56,66-73,75,77-83H,3-26,28,30,33-37,39,41-45,47,49-53,55,57-65H2,1-2H3,(H,76,84)/b29-27-,32-31-,40-38+,48-46+,56-54+. The summed E-state index contributed by atoms with van der Waals surface area (Å²) in [6.07, 6.45) is 73.1. The van der Waals surface area contributed by atoms with E-state index in [1.165, 1.54) is 244 Å². The predicted molar refractivity (Wildman–Crippen MR) is 362 cm³/mol. The zero-order valence-electron chi connectivity index (χ0n) is 55.8. The molecular weight excluding hydrogens is 1070 g/mol. The Morgan fingerprint density at radius 2 is 0.733 bits per heavy atom. The summed E-state index contributed by atoms with van der Waals surface area (Å²) in [7, 11) is 0. The van der Waals surface area contributed by atoms with Gasteiger partial charge in [0.1, 0.15) is 36.6 Å². The molecule has 9 unspecified atom stereocenters. The minimum absolute atomic E-state index is 0.240. The quantitative estimate of drug-likeness (QED) is 0.0215. The van der Waals surface area contributed by atoms with Crippen molar-refractivity contribution in [2.75, 3.05) is 13.2 Å². The van der Waals surface area contributed by atoms with Crippen LogP contribution in [0, 0.1) is 0 Å². The smallest absolute Gasteiger partial charge is 0.249 e. The fourth-order valence-electron chi connectivity index (χ4n) is 11.6. The molecule has 8 N–H and O–H groups in total. The van der Waals surface area contributed by atoms with Gasteiger partial charge in [-0.3, -0.25) is 4.79 Å². The zero-order chi connectivity index (χ0) is 62.4. The minimum Gasteiger partial charge on any atom is -0.394 e. The van der Waals surface area contributed by atoms with Crippen molar-refractivity contribution in [3.63, 3.8) is 0 Å². The third-order valence-electron chi connectivity index (χ3n) is 17.5. The summed E-state index contributed by atoms with van der Waals surface area (Å²) in [6, 6.07) is -1.20. The Morgan fingerprint density at radius 3 is 1.10 bits per heavy atom. The Morgan fingerprint density at radius 1 is 0.407 bits per heavy atom. The van der Waals surface area contributed by atoms with Gasteiger partial charge in [-0.1, -0.05) is 306 Å². The van der Waals surface area contributed by atoms with Gasteiger partial charge in [0.2, 0.25) is 5.91 Å². The number of amides is 1. The molecule has 1 aliphatic heterocycles. The molecule has 0 aromatic rings. The molecule has 0 radical (unpaired) electrons. The van der Waals surface area contributed by atoms with Crippen LogP contribution in [0.4, 0.5) is 0 Å². The summed E-state index contributed by atoms with van der Waals surface area (Å²) in [5.41, 5.74) is 0. The molecular formula is C75H139NO10. The van der Waals surface area contributed by atoms with Crippen LogP contribution >= 0.6 is 0 Å². The van der Waals surface area contributed by atoms with Crippen molar-refractivity contribution in [1.29, 1.82) is 0 Å². The van der Waals surface area contributed by atoms with Gasteiger partial charge in [-0.15, -0.1) is 0 Å². The first-order valence-electron chi connectivity index (χ1n) is 36.7. The second kappa shape index (κ2) is 63.0. The van der Waals surface area contributed by atoms with Crippen LogP contribution in [-0.4, -0.2) is 110 Å². The maximum Gasteiger partial charge on any atom is 0.249 e. The summed E-state index contributed by atoms with van der Waals surface area (Å²) in [5.74, 6) is -0.709.